The molecular formula is C13H23NO. The molecule has 0 N–H and O–H groups in total. The summed E-state index contributed by atoms with van der Waals surface area (Å²) in [7, 11) is 0. The van der Waals surface area contributed by atoms with Crippen molar-refractivity contribution in [1.29, 1.82) is 0 Å². The van der Waals surface area contributed by atoms with Gasteiger partial charge in [0, 0.05) is 6.92 Å². The largest absolute Gasteiger partial charge is 0.441 e. The van der Waals surface area contributed by atoms with E-state index in [0.717, 1.165) is 17.0 Å². The van der Waals surface area contributed by atoms with Crippen LogP contribution >= 0.6 is 0 Å². The maximum atomic E-state index is 5.32. The van der Waals surface area contributed by atoms with Gasteiger partial charge in [-0.25, -0.2) is 4.98 Å². The number of aryl methyl sites for hydroxylation is 1. The van der Waals surface area contributed by atoms with Gasteiger partial charge in [0.1, 0.15) is 5.69 Å². The number of allylic oxidation sites excluding steroid dienone is 2. The van der Waals surface area contributed by atoms with Crippen LogP contribution < -0.4 is 0 Å². The Bertz CT molecular complexity index is 321. The molecule has 1 aromatic rings. The smallest absolute Gasteiger partial charge is 0.192 e. The zero-order chi connectivity index (χ0) is 11.1. The molecule has 0 saturated carbocycles. The summed E-state index contributed by atoms with van der Waals surface area (Å²) in [6.07, 6.45) is 3.69. The summed E-state index contributed by atoms with van der Waals surface area (Å²) in [6.45, 7) is 13.5. The molecule has 0 bridgehead atoms. The molecule has 0 spiro atoms. The fourth-order valence-electron chi connectivity index (χ4n) is 1.00. The zero-order valence-electron chi connectivity index (χ0n) is 9.72. The van der Waals surface area contributed by atoms with E-state index in [2.05, 4.69) is 11.6 Å². The molecule has 1 aromatic heterocycles. The van der Waals surface area contributed by atoms with E-state index in [-0.39, 0.29) is 7.43 Å². The fourth-order valence-corrected chi connectivity index (χ4v) is 1.00. The van der Waals surface area contributed by atoms with Crippen LogP contribution in [0.3, 0.4) is 0 Å². The van der Waals surface area contributed by atoms with Crippen LogP contribution in [0.2, 0.25) is 0 Å². The summed E-state index contributed by atoms with van der Waals surface area (Å²) in [5.41, 5.74) is 2.01. The molecule has 0 saturated heterocycles. The van der Waals surface area contributed by atoms with E-state index in [4.69, 9.17) is 4.42 Å². The molecule has 1 rings (SSSR count). The molecule has 0 amide bonds. The summed E-state index contributed by atoms with van der Waals surface area (Å²) in [5, 5.41) is 0. The highest BCUT2D eigenvalue weighted by molar-refractivity contribution is 5.67. The van der Waals surface area contributed by atoms with Crippen molar-refractivity contribution >= 4 is 11.6 Å². The first-order valence-corrected chi connectivity index (χ1v) is 4.92. The van der Waals surface area contributed by atoms with Crippen LogP contribution in [0.5, 0.6) is 0 Å². The van der Waals surface area contributed by atoms with Crippen LogP contribution in [0.1, 0.15) is 52.5 Å². The summed E-state index contributed by atoms with van der Waals surface area (Å²) in [5.74, 6) is 1.43. The lowest BCUT2D eigenvalue weighted by Crippen LogP contribution is -1.82. The van der Waals surface area contributed by atoms with Crippen molar-refractivity contribution in [3.63, 3.8) is 0 Å². The second-order valence-corrected chi connectivity index (χ2v) is 2.62. The summed E-state index contributed by atoms with van der Waals surface area (Å²) in [6, 6.07) is 0. The van der Waals surface area contributed by atoms with Gasteiger partial charge in [-0.1, -0.05) is 33.9 Å². The molecule has 15 heavy (non-hydrogen) atoms. The first-order valence-electron chi connectivity index (χ1n) is 4.92. The Morgan fingerprint density at radius 2 is 1.93 bits per heavy atom. The van der Waals surface area contributed by atoms with Gasteiger partial charge >= 0.3 is 0 Å². The van der Waals surface area contributed by atoms with E-state index in [1.54, 1.807) is 6.08 Å². The van der Waals surface area contributed by atoms with Crippen LogP contribution in [0, 0.1) is 6.92 Å². The molecule has 1 heterocycles. The standard InChI is InChI=1S/C10H13NO.C2H6.CH4/c1-5-7(3)10-9(6-2)12-8(4)11-10;1-2;/h5-6H,2H2,1,3-4H3;1-2H3;1H4/b7-5-;;. The first kappa shape index (κ1) is 16.1. The van der Waals surface area contributed by atoms with Gasteiger partial charge in [0.15, 0.2) is 11.7 Å². The van der Waals surface area contributed by atoms with Gasteiger partial charge < -0.3 is 4.42 Å². The van der Waals surface area contributed by atoms with Crippen LogP contribution in [0.25, 0.3) is 11.6 Å². The van der Waals surface area contributed by atoms with E-state index in [9.17, 15) is 0 Å². The number of hydrogen-bond acceptors (Lipinski definition) is 2. The Labute approximate surface area is 93.7 Å². The van der Waals surface area contributed by atoms with E-state index in [1.165, 1.54) is 0 Å². The quantitative estimate of drug-likeness (QED) is 0.705. The molecule has 0 aromatic carbocycles. The van der Waals surface area contributed by atoms with E-state index >= 15 is 0 Å². The average molecular weight is 209 g/mol. The van der Waals surface area contributed by atoms with Gasteiger partial charge in [0.25, 0.3) is 0 Å². The van der Waals surface area contributed by atoms with E-state index < -0.39 is 0 Å². The molecular weight excluding hydrogens is 186 g/mol. The van der Waals surface area contributed by atoms with Gasteiger partial charge in [0.05, 0.1) is 0 Å². The summed E-state index contributed by atoms with van der Waals surface area (Å²) < 4.78 is 5.32. The van der Waals surface area contributed by atoms with Crippen molar-refractivity contribution in [1.82, 2.24) is 4.98 Å². The number of nitrogens with zero attached hydrogens (tertiary/aromatic N) is 1. The van der Waals surface area contributed by atoms with Crippen molar-refractivity contribution in [3.05, 3.63) is 30.0 Å². The number of aromatic nitrogens is 1. The topological polar surface area (TPSA) is 26.0 Å². The summed E-state index contributed by atoms with van der Waals surface area (Å²) in [4.78, 5) is 4.25. The third-order valence-electron chi connectivity index (χ3n) is 1.75. The monoisotopic (exact) mass is 209 g/mol. The van der Waals surface area contributed by atoms with E-state index in [1.807, 2.05) is 40.7 Å². The highest BCUT2D eigenvalue weighted by atomic mass is 16.4. The highest BCUT2D eigenvalue weighted by Gasteiger charge is 2.07. The van der Waals surface area contributed by atoms with Gasteiger partial charge in [-0.3, -0.25) is 0 Å². The predicted molar refractivity (Wildman–Crippen MR) is 68.7 cm³/mol. The Hall–Kier alpha value is -1.31. The van der Waals surface area contributed by atoms with Crippen molar-refractivity contribution in [2.24, 2.45) is 0 Å². The van der Waals surface area contributed by atoms with Crippen molar-refractivity contribution in [3.8, 4) is 0 Å². The van der Waals surface area contributed by atoms with Gasteiger partial charge in [-0.15, -0.1) is 0 Å². The van der Waals surface area contributed by atoms with Crippen molar-refractivity contribution in [2.45, 2.75) is 42.0 Å². The third-order valence-corrected chi connectivity index (χ3v) is 1.75. The molecule has 0 unspecified atom stereocenters. The first-order chi connectivity index (χ1) is 6.69. The Balaban J connectivity index is 0. The molecule has 0 aliphatic carbocycles. The maximum absolute atomic E-state index is 5.32. The van der Waals surface area contributed by atoms with Crippen LogP contribution in [-0.2, 0) is 0 Å². The van der Waals surface area contributed by atoms with Crippen molar-refractivity contribution < 1.29 is 4.42 Å². The van der Waals surface area contributed by atoms with E-state index in [0.29, 0.717) is 5.89 Å². The van der Waals surface area contributed by atoms with Crippen LogP contribution in [-0.4, -0.2) is 4.98 Å². The molecule has 0 aliphatic heterocycles. The minimum absolute atomic E-state index is 0. The maximum Gasteiger partial charge on any atom is 0.192 e. The summed E-state index contributed by atoms with van der Waals surface area (Å²) >= 11 is 0. The minimum atomic E-state index is 0. The predicted octanol–water partition coefficient (Wildman–Crippen LogP) is 4.71. The van der Waals surface area contributed by atoms with Crippen LogP contribution in [0.15, 0.2) is 17.1 Å². The number of hydrogen-bond donors (Lipinski definition) is 0. The third kappa shape index (κ3) is 4.15. The molecule has 0 radical (unpaired) electrons. The van der Waals surface area contributed by atoms with Gasteiger partial charge in [0.2, 0.25) is 0 Å². The molecule has 86 valence electrons. The normalized spacial score (nSPS) is 9.80. The second kappa shape index (κ2) is 8.04. The van der Waals surface area contributed by atoms with Gasteiger partial charge in [-0.05, 0) is 25.5 Å². The zero-order valence-corrected chi connectivity index (χ0v) is 9.72. The molecule has 2 heteroatoms. The molecule has 0 aliphatic rings. The minimum Gasteiger partial charge on any atom is -0.441 e. The average Bonchev–Trinajstić information content (AvgIpc) is 2.61. The van der Waals surface area contributed by atoms with Crippen LogP contribution in [0.4, 0.5) is 0 Å². The number of rotatable bonds is 2. The second-order valence-electron chi connectivity index (χ2n) is 2.62. The fraction of sp³-hybridized carbons (Fsp3) is 0.462. The lowest BCUT2D eigenvalue weighted by atomic mass is 10.2. The Kier molecular flexibility index (Phi) is 8.64. The highest BCUT2D eigenvalue weighted by Crippen LogP contribution is 2.19. The number of oxazole rings is 1. The molecule has 0 fully saturated rings. The SMILES string of the molecule is C.C=Cc1oc(C)nc1/C(C)=C\C.CC. The Morgan fingerprint density at radius 3 is 2.33 bits per heavy atom. The van der Waals surface area contributed by atoms with Crippen molar-refractivity contribution in [2.75, 3.05) is 0 Å². The Morgan fingerprint density at radius 1 is 1.40 bits per heavy atom. The lowest BCUT2D eigenvalue weighted by molar-refractivity contribution is 0.513. The molecule has 0 atom stereocenters. The van der Waals surface area contributed by atoms with Gasteiger partial charge in [-0.2, -0.15) is 0 Å². The lowest BCUT2D eigenvalue weighted by Gasteiger charge is -1.93. The molecule has 2 nitrogen and oxygen atoms in total.